The summed E-state index contributed by atoms with van der Waals surface area (Å²) in [7, 11) is 0. The van der Waals surface area contributed by atoms with Crippen LogP contribution in [0.15, 0.2) is 23.2 Å². The fraction of sp³-hybridized carbons (Fsp3) is 0.600. The summed E-state index contributed by atoms with van der Waals surface area (Å²) in [6.45, 7) is 5.44. The molecule has 1 aliphatic rings. The number of carbonyl (C=O) groups excluding carboxylic acids is 1. The fourth-order valence-corrected chi connectivity index (χ4v) is 2.74. The molecule has 3 heterocycles. The molecular weight excluding hydrogens is 282 g/mol. The highest BCUT2D eigenvalue weighted by Gasteiger charge is 2.33. The van der Waals surface area contributed by atoms with E-state index < -0.39 is 0 Å². The summed E-state index contributed by atoms with van der Waals surface area (Å²) >= 11 is 0. The largest absolute Gasteiger partial charge is 0.339 e. The lowest BCUT2D eigenvalue weighted by Gasteiger charge is -2.22. The molecule has 0 radical (unpaired) electrons. The third-order valence-corrected chi connectivity index (χ3v) is 3.97. The maximum absolute atomic E-state index is 12.5. The molecule has 2 aromatic heterocycles. The van der Waals surface area contributed by atoms with Crippen molar-refractivity contribution in [2.24, 2.45) is 0 Å². The maximum atomic E-state index is 12.5. The van der Waals surface area contributed by atoms with Gasteiger partial charge in [0.25, 0.3) is 0 Å². The first kappa shape index (κ1) is 14.7. The molecule has 0 saturated carbocycles. The molecule has 22 heavy (non-hydrogen) atoms. The van der Waals surface area contributed by atoms with Gasteiger partial charge in [-0.1, -0.05) is 19.0 Å². The summed E-state index contributed by atoms with van der Waals surface area (Å²) < 4.78 is 7.18. The van der Waals surface area contributed by atoms with Gasteiger partial charge in [0.1, 0.15) is 0 Å². The zero-order valence-corrected chi connectivity index (χ0v) is 13.0. The van der Waals surface area contributed by atoms with Gasteiger partial charge in [-0.05, 0) is 12.8 Å². The van der Waals surface area contributed by atoms with Crippen LogP contribution in [0.5, 0.6) is 0 Å². The average molecular weight is 303 g/mol. The minimum absolute atomic E-state index is 0.0495. The van der Waals surface area contributed by atoms with Crippen molar-refractivity contribution in [2.75, 3.05) is 6.54 Å². The summed E-state index contributed by atoms with van der Waals surface area (Å²) in [6, 6.07) is -0.0495. The highest BCUT2D eigenvalue weighted by atomic mass is 16.5. The minimum atomic E-state index is -0.0495. The Hall–Kier alpha value is -2.18. The molecule has 0 aliphatic carbocycles. The number of hydrogen-bond donors (Lipinski definition) is 0. The van der Waals surface area contributed by atoms with E-state index in [2.05, 4.69) is 15.1 Å². The van der Waals surface area contributed by atoms with Crippen LogP contribution < -0.4 is 0 Å². The molecule has 7 heteroatoms. The van der Waals surface area contributed by atoms with E-state index in [4.69, 9.17) is 4.52 Å². The number of imidazole rings is 1. The lowest BCUT2D eigenvalue weighted by molar-refractivity contribution is -0.132. The van der Waals surface area contributed by atoms with Crippen molar-refractivity contribution < 1.29 is 9.32 Å². The maximum Gasteiger partial charge on any atom is 0.229 e. The second-order valence-electron chi connectivity index (χ2n) is 5.94. The van der Waals surface area contributed by atoms with Crippen LogP contribution in [0.4, 0.5) is 0 Å². The Morgan fingerprint density at radius 1 is 1.50 bits per heavy atom. The lowest BCUT2D eigenvalue weighted by Crippen LogP contribution is -2.31. The first-order valence-corrected chi connectivity index (χ1v) is 7.74. The Balaban J connectivity index is 1.65. The Morgan fingerprint density at radius 2 is 2.36 bits per heavy atom. The van der Waals surface area contributed by atoms with Gasteiger partial charge in [0.2, 0.25) is 11.8 Å². The van der Waals surface area contributed by atoms with Crippen molar-refractivity contribution in [3.05, 3.63) is 30.4 Å². The van der Waals surface area contributed by atoms with Crippen LogP contribution in [0, 0.1) is 0 Å². The van der Waals surface area contributed by atoms with Crippen molar-refractivity contribution >= 4 is 5.91 Å². The van der Waals surface area contributed by atoms with Crippen molar-refractivity contribution in [3.63, 3.8) is 0 Å². The van der Waals surface area contributed by atoms with Crippen LogP contribution in [-0.2, 0) is 11.3 Å². The molecular formula is C15H21N5O2. The van der Waals surface area contributed by atoms with E-state index in [1.165, 1.54) is 0 Å². The van der Waals surface area contributed by atoms with E-state index in [9.17, 15) is 4.79 Å². The molecule has 0 bridgehead atoms. The Labute approximate surface area is 129 Å². The van der Waals surface area contributed by atoms with Gasteiger partial charge in [0.15, 0.2) is 5.82 Å². The van der Waals surface area contributed by atoms with Gasteiger partial charge in [-0.25, -0.2) is 4.98 Å². The van der Waals surface area contributed by atoms with Crippen molar-refractivity contribution in [3.8, 4) is 0 Å². The quantitative estimate of drug-likeness (QED) is 0.845. The van der Waals surface area contributed by atoms with Crippen LogP contribution in [0.3, 0.4) is 0 Å². The number of carbonyl (C=O) groups is 1. The third kappa shape index (κ3) is 3.03. The predicted molar refractivity (Wildman–Crippen MR) is 78.9 cm³/mol. The number of rotatable bonds is 5. The van der Waals surface area contributed by atoms with Gasteiger partial charge in [0, 0.05) is 37.8 Å². The molecule has 1 saturated heterocycles. The van der Waals surface area contributed by atoms with Gasteiger partial charge in [-0.2, -0.15) is 4.98 Å². The van der Waals surface area contributed by atoms with E-state index in [1.54, 1.807) is 12.5 Å². The van der Waals surface area contributed by atoms with E-state index in [0.29, 0.717) is 24.7 Å². The molecule has 7 nitrogen and oxygen atoms in total. The highest BCUT2D eigenvalue weighted by Crippen LogP contribution is 2.31. The zero-order chi connectivity index (χ0) is 15.5. The van der Waals surface area contributed by atoms with Crippen LogP contribution in [0.1, 0.15) is 56.8 Å². The average Bonchev–Trinajstić information content (AvgIpc) is 3.23. The van der Waals surface area contributed by atoms with Gasteiger partial charge in [0.05, 0.1) is 12.4 Å². The van der Waals surface area contributed by atoms with Gasteiger partial charge >= 0.3 is 0 Å². The molecule has 2 aromatic rings. The van der Waals surface area contributed by atoms with E-state index >= 15 is 0 Å². The number of nitrogens with zero attached hydrogens (tertiary/aromatic N) is 5. The first-order chi connectivity index (χ1) is 10.6. The van der Waals surface area contributed by atoms with Gasteiger partial charge in [-0.3, -0.25) is 4.79 Å². The summed E-state index contributed by atoms with van der Waals surface area (Å²) in [5.41, 5.74) is 0. The second-order valence-corrected chi connectivity index (χ2v) is 5.94. The molecule has 118 valence electrons. The second kappa shape index (κ2) is 6.29. The molecule has 0 aromatic carbocycles. The number of aryl methyl sites for hydroxylation is 1. The summed E-state index contributed by atoms with van der Waals surface area (Å²) in [6.07, 6.45) is 7.64. The number of likely N-dealkylation sites (tertiary alicyclic amines) is 1. The van der Waals surface area contributed by atoms with Crippen molar-refractivity contribution in [2.45, 2.75) is 51.6 Å². The van der Waals surface area contributed by atoms with E-state index in [0.717, 1.165) is 19.4 Å². The molecule has 1 fully saturated rings. The molecule has 1 atom stereocenters. The van der Waals surface area contributed by atoms with Crippen molar-refractivity contribution in [1.29, 1.82) is 0 Å². The Bertz CT molecular complexity index is 620. The topological polar surface area (TPSA) is 77.1 Å². The molecule has 0 N–H and O–H groups in total. The Kier molecular flexibility index (Phi) is 4.22. The van der Waals surface area contributed by atoms with E-state index in [-0.39, 0.29) is 17.9 Å². The van der Waals surface area contributed by atoms with Gasteiger partial charge < -0.3 is 14.0 Å². The van der Waals surface area contributed by atoms with Crippen molar-refractivity contribution in [1.82, 2.24) is 24.6 Å². The molecule has 1 amide bonds. The van der Waals surface area contributed by atoms with Crippen LogP contribution in [-0.4, -0.2) is 37.0 Å². The normalized spacial score (nSPS) is 18.3. The first-order valence-electron chi connectivity index (χ1n) is 7.74. The monoisotopic (exact) mass is 303 g/mol. The van der Waals surface area contributed by atoms with E-state index in [1.807, 2.05) is 29.5 Å². The number of aromatic nitrogens is 4. The lowest BCUT2D eigenvalue weighted by atomic mass is 10.2. The summed E-state index contributed by atoms with van der Waals surface area (Å²) in [5.74, 6) is 1.60. The minimum Gasteiger partial charge on any atom is -0.339 e. The molecule has 0 unspecified atom stereocenters. The molecule has 3 rings (SSSR count). The summed E-state index contributed by atoms with van der Waals surface area (Å²) in [4.78, 5) is 22.8. The fourth-order valence-electron chi connectivity index (χ4n) is 2.74. The zero-order valence-electron chi connectivity index (χ0n) is 13.0. The summed E-state index contributed by atoms with van der Waals surface area (Å²) in [5, 5.41) is 4.07. The molecule has 1 aliphatic heterocycles. The van der Waals surface area contributed by atoms with Crippen LogP contribution in [0.2, 0.25) is 0 Å². The molecule has 0 spiro atoms. The Morgan fingerprint density at radius 3 is 3.05 bits per heavy atom. The van der Waals surface area contributed by atoms with Crippen LogP contribution >= 0.6 is 0 Å². The standard InChI is InChI=1S/C15H21N5O2/c1-11(2)15-17-14(18-22-15)12-4-3-7-20(12)13(21)5-8-19-9-6-16-10-19/h6,9-12H,3-5,7-8H2,1-2H3/t12-/m0/s1. The number of amides is 1. The third-order valence-electron chi connectivity index (χ3n) is 3.97. The predicted octanol–water partition coefficient (Wildman–Crippen LogP) is 2.14. The SMILES string of the molecule is CC(C)c1nc([C@@H]2CCCN2C(=O)CCn2ccnc2)no1. The smallest absolute Gasteiger partial charge is 0.229 e. The highest BCUT2D eigenvalue weighted by molar-refractivity contribution is 5.76. The van der Waals surface area contributed by atoms with Gasteiger partial charge in [-0.15, -0.1) is 0 Å². The van der Waals surface area contributed by atoms with Crippen LogP contribution in [0.25, 0.3) is 0 Å². The number of hydrogen-bond acceptors (Lipinski definition) is 5.